The van der Waals surface area contributed by atoms with Crippen LogP contribution in [-0.4, -0.2) is 57.3 Å². The van der Waals surface area contributed by atoms with Crippen LogP contribution in [0.15, 0.2) is 0 Å². The van der Waals surface area contributed by atoms with Crippen LogP contribution in [-0.2, 0) is 9.71 Å². The highest BCUT2D eigenvalue weighted by atomic mass is 32.2. The molecule has 0 rings (SSSR count). The van der Waals surface area contributed by atoms with E-state index in [-0.39, 0.29) is 11.0 Å². The molecule has 0 bridgehead atoms. The average Bonchev–Trinajstić information content (AvgIpc) is 2.10. The summed E-state index contributed by atoms with van der Waals surface area (Å²) < 4.78 is 14.3. The van der Waals surface area contributed by atoms with E-state index < -0.39 is 9.71 Å². The minimum atomic E-state index is -2.17. The molecule has 0 aliphatic rings. The van der Waals surface area contributed by atoms with Crippen molar-refractivity contribution in [1.82, 2.24) is 9.21 Å². The third-order valence-corrected chi connectivity index (χ3v) is 5.45. The highest BCUT2D eigenvalue weighted by molar-refractivity contribution is 7.97. The Morgan fingerprint density at radius 1 is 1.11 bits per heavy atom. The number of hydrogen-bond acceptors (Lipinski definition) is 2. The summed E-state index contributed by atoms with van der Waals surface area (Å²) in [5, 5.41) is 0. The van der Waals surface area contributed by atoms with Crippen molar-refractivity contribution < 1.29 is 4.21 Å². The molecule has 0 aliphatic carbocycles. The van der Waals surface area contributed by atoms with Crippen molar-refractivity contribution in [2.45, 2.75) is 60.0 Å². The van der Waals surface area contributed by atoms with Gasteiger partial charge in [-0.15, -0.1) is 0 Å². The largest absolute Gasteiger partial charge is 0.302 e. The van der Waals surface area contributed by atoms with Gasteiger partial charge in [0.15, 0.2) is 0 Å². The fourth-order valence-corrected chi connectivity index (χ4v) is 3.84. The molecule has 0 aromatic carbocycles. The van der Waals surface area contributed by atoms with Gasteiger partial charge in [-0.1, -0.05) is 20.8 Å². The van der Waals surface area contributed by atoms with Crippen LogP contribution in [0.2, 0.25) is 0 Å². The van der Waals surface area contributed by atoms with Crippen molar-refractivity contribution in [2.24, 2.45) is 5.41 Å². The van der Waals surface area contributed by atoms with Crippen molar-refractivity contribution in [3.05, 3.63) is 0 Å². The van der Waals surface area contributed by atoms with Crippen LogP contribution in [0, 0.1) is 5.41 Å². The highest BCUT2D eigenvalue weighted by Crippen LogP contribution is 2.23. The number of rotatable bonds is 5. The lowest BCUT2D eigenvalue weighted by Crippen LogP contribution is -2.50. The standard InChI is InChI=1S/C15H34N2OS/c1-13(14(2,3)4)16(8)11-12-17(15(5,6)7)19(9,10)18/h13H,9,11-12H2,1-8,10H3. The van der Waals surface area contributed by atoms with Gasteiger partial charge < -0.3 is 4.90 Å². The molecule has 3 nitrogen and oxygen atoms in total. The summed E-state index contributed by atoms with van der Waals surface area (Å²) in [4.78, 5) is 2.34. The van der Waals surface area contributed by atoms with Crippen molar-refractivity contribution >= 4 is 15.6 Å². The normalized spacial score (nSPS) is 18.7. The molecule has 0 amide bonds. The molecule has 0 aliphatic heterocycles. The van der Waals surface area contributed by atoms with Gasteiger partial charge in [0.25, 0.3) is 0 Å². The predicted octanol–water partition coefficient (Wildman–Crippen LogP) is 2.71. The molecule has 4 heteroatoms. The fraction of sp³-hybridized carbons (Fsp3) is 0.933. The molecule has 0 aromatic rings. The maximum absolute atomic E-state index is 12.3. The third kappa shape index (κ3) is 6.28. The molecule has 116 valence electrons. The first-order chi connectivity index (χ1) is 8.17. The van der Waals surface area contributed by atoms with Gasteiger partial charge in [0.1, 0.15) is 0 Å². The number of hydrogen-bond donors (Lipinski definition) is 0. The summed E-state index contributed by atoms with van der Waals surface area (Å²) in [5.74, 6) is 3.84. The summed E-state index contributed by atoms with van der Waals surface area (Å²) in [6.45, 7) is 16.9. The fourth-order valence-electron chi connectivity index (χ4n) is 2.21. The Balaban J connectivity index is 4.77. The van der Waals surface area contributed by atoms with E-state index in [9.17, 15) is 4.21 Å². The first kappa shape index (κ1) is 18.9. The number of likely N-dealkylation sites (N-methyl/N-ethyl adjacent to an activating group) is 1. The average molecular weight is 291 g/mol. The van der Waals surface area contributed by atoms with E-state index in [1.54, 1.807) is 6.26 Å². The molecule has 0 fully saturated rings. The Bertz CT molecular complexity index is 374. The summed E-state index contributed by atoms with van der Waals surface area (Å²) in [6, 6.07) is 0.479. The lowest BCUT2D eigenvalue weighted by atomic mass is 9.87. The van der Waals surface area contributed by atoms with Gasteiger partial charge in [-0.3, -0.25) is 4.21 Å². The van der Waals surface area contributed by atoms with E-state index in [4.69, 9.17) is 0 Å². The van der Waals surface area contributed by atoms with Gasteiger partial charge in [0, 0.05) is 40.6 Å². The second-order valence-electron chi connectivity index (χ2n) is 7.75. The Morgan fingerprint density at radius 2 is 1.53 bits per heavy atom. The quantitative estimate of drug-likeness (QED) is 0.727. The molecule has 0 saturated heterocycles. The molecular weight excluding hydrogens is 256 g/mol. The van der Waals surface area contributed by atoms with Gasteiger partial charge in [0.05, 0.1) is 0 Å². The summed E-state index contributed by atoms with van der Waals surface area (Å²) in [7, 11) is -0.0366. The second kappa shape index (κ2) is 6.15. The molecule has 0 heterocycles. The van der Waals surface area contributed by atoms with Crippen LogP contribution in [0.1, 0.15) is 48.5 Å². The topological polar surface area (TPSA) is 23.6 Å². The molecule has 19 heavy (non-hydrogen) atoms. The van der Waals surface area contributed by atoms with E-state index in [1.807, 2.05) is 4.31 Å². The SMILES string of the molecule is C=S(C)(=O)N(CCN(C)C(C)C(C)(C)C)C(C)(C)C. The van der Waals surface area contributed by atoms with Gasteiger partial charge in [-0.25, -0.2) is 4.31 Å². The van der Waals surface area contributed by atoms with Crippen LogP contribution >= 0.6 is 0 Å². The Labute approximate surface area is 121 Å². The van der Waals surface area contributed by atoms with E-state index in [0.717, 1.165) is 13.1 Å². The van der Waals surface area contributed by atoms with E-state index in [0.29, 0.717) is 6.04 Å². The monoisotopic (exact) mass is 290 g/mol. The molecular formula is C15H34N2OS. The molecule has 0 N–H and O–H groups in total. The van der Waals surface area contributed by atoms with E-state index >= 15 is 0 Å². The van der Waals surface area contributed by atoms with Crippen molar-refractivity contribution in [1.29, 1.82) is 0 Å². The Kier molecular flexibility index (Phi) is 6.13. The Hall–Kier alpha value is -0.0600. The van der Waals surface area contributed by atoms with Gasteiger partial charge in [-0.2, -0.15) is 0 Å². The van der Waals surface area contributed by atoms with Crippen molar-refractivity contribution in [3.8, 4) is 0 Å². The van der Waals surface area contributed by atoms with Crippen LogP contribution in [0.3, 0.4) is 0 Å². The molecule has 0 aromatic heterocycles. The summed E-state index contributed by atoms with van der Waals surface area (Å²) in [5.41, 5.74) is 0.124. The smallest absolute Gasteiger partial charge is 0.0250 e. The first-order valence-corrected chi connectivity index (χ1v) is 9.07. The summed E-state index contributed by atoms with van der Waals surface area (Å²) in [6.07, 6.45) is 1.73. The zero-order chi connectivity index (χ0) is 15.6. The minimum Gasteiger partial charge on any atom is -0.302 e. The second-order valence-corrected chi connectivity index (χ2v) is 10.1. The van der Waals surface area contributed by atoms with Crippen molar-refractivity contribution in [3.63, 3.8) is 0 Å². The molecule has 2 atom stereocenters. The third-order valence-electron chi connectivity index (χ3n) is 3.78. The minimum absolute atomic E-state index is 0.126. The molecule has 2 unspecified atom stereocenters. The van der Waals surface area contributed by atoms with Crippen LogP contribution < -0.4 is 0 Å². The lowest BCUT2D eigenvalue weighted by Gasteiger charge is -2.40. The molecule has 0 spiro atoms. The lowest BCUT2D eigenvalue weighted by molar-refractivity contribution is 0.125. The van der Waals surface area contributed by atoms with Crippen LogP contribution in [0.4, 0.5) is 0 Å². The highest BCUT2D eigenvalue weighted by Gasteiger charge is 2.28. The van der Waals surface area contributed by atoms with Crippen molar-refractivity contribution in [2.75, 3.05) is 26.4 Å². The summed E-state index contributed by atoms with van der Waals surface area (Å²) >= 11 is 0. The predicted molar refractivity (Wildman–Crippen MR) is 89.2 cm³/mol. The van der Waals surface area contributed by atoms with Gasteiger partial charge >= 0.3 is 0 Å². The van der Waals surface area contributed by atoms with Gasteiger partial charge in [0.2, 0.25) is 0 Å². The molecule has 0 saturated carbocycles. The van der Waals surface area contributed by atoms with E-state index in [2.05, 4.69) is 66.3 Å². The zero-order valence-electron chi connectivity index (χ0n) is 14.4. The maximum atomic E-state index is 12.3. The first-order valence-electron chi connectivity index (χ1n) is 6.97. The molecule has 0 radical (unpaired) electrons. The van der Waals surface area contributed by atoms with Crippen LogP contribution in [0.5, 0.6) is 0 Å². The van der Waals surface area contributed by atoms with E-state index in [1.165, 1.54) is 0 Å². The maximum Gasteiger partial charge on any atom is 0.0250 e. The number of nitrogens with zero attached hydrogens (tertiary/aromatic N) is 2. The van der Waals surface area contributed by atoms with Gasteiger partial charge in [-0.05, 0) is 46.0 Å². The zero-order valence-corrected chi connectivity index (χ0v) is 15.2. The van der Waals surface area contributed by atoms with Crippen LogP contribution in [0.25, 0.3) is 0 Å². The Morgan fingerprint density at radius 3 is 1.79 bits per heavy atom.